The van der Waals surface area contributed by atoms with Gasteiger partial charge in [0.15, 0.2) is 0 Å². The van der Waals surface area contributed by atoms with Gasteiger partial charge >= 0.3 is 0 Å². The highest BCUT2D eigenvalue weighted by Crippen LogP contribution is 2.39. The van der Waals surface area contributed by atoms with Gasteiger partial charge in [0.1, 0.15) is 0 Å². The van der Waals surface area contributed by atoms with E-state index in [1.165, 1.54) is 32.2 Å². The summed E-state index contributed by atoms with van der Waals surface area (Å²) in [6.45, 7) is 1.32. The fourth-order valence-electron chi connectivity index (χ4n) is 2.27. The van der Waals surface area contributed by atoms with E-state index in [9.17, 15) is 0 Å². The Bertz CT molecular complexity index is 115. The molecule has 0 spiro atoms. The predicted molar refractivity (Wildman–Crippen MR) is 42.2 cm³/mol. The zero-order valence-corrected chi connectivity index (χ0v) is 6.87. The molecular weight excluding hydrogens is 129 g/mol. The van der Waals surface area contributed by atoms with Crippen molar-refractivity contribution in [3.05, 3.63) is 0 Å². The molecule has 9 heavy (non-hydrogen) atoms. The largest absolute Gasteiger partial charge is 0.284 e. The molecule has 2 heteroatoms. The first-order valence-electron chi connectivity index (χ1n) is 3.89. The molecule has 0 amide bonds. The van der Waals surface area contributed by atoms with E-state index in [1.807, 2.05) is 0 Å². The molecule has 52 valence electrons. The third-order valence-corrected chi connectivity index (χ3v) is 3.44. The molecule has 1 aliphatic carbocycles. The molecule has 0 aromatic rings. The molecular formula is C7H14NP. The molecule has 1 saturated carbocycles. The van der Waals surface area contributed by atoms with Crippen molar-refractivity contribution in [2.45, 2.75) is 31.7 Å². The van der Waals surface area contributed by atoms with Crippen molar-refractivity contribution in [1.29, 1.82) is 0 Å². The van der Waals surface area contributed by atoms with Crippen LogP contribution in [0.1, 0.15) is 25.7 Å². The highest BCUT2D eigenvalue weighted by Gasteiger charge is 2.35. The van der Waals surface area contributed by atoms with E-state index in [4.69, 9.17) is 0 Å². The molecule has 0 N–H and O–H groups in total. The molecule has 0 radical (unpaired) electrons. The first-order chi connectivity index (χ1) is 4.38. The molecule has 1 nitrogen and oxygen atoms in total. The number of hydrogen-bond acceptors (Lipinski definition) is 1. The molecule has 0 aromatic heterocycles. The quantitative estimate of drug-likeness (QED) is 0.466. The fourth-order valence-corrected chi connectivity index (χ4v) is 2.81. The zero-order valence-electron chi connectivity index (χ0n) is 5.71. The lowest BCUT2D eigenvalue weighted by Crippen LogP contribution is -2.19. The summed E-state index contributed by atoms with van der Waals surface area (Å²) in [7, 11) is 2.85. The second-order valence-corrected chi connectivity index (χ2v) is 3.95. The first kappa shape index (κ1) is 6.12. The Morgan fingerprint density at radius 3 is 2.89 bits per heavy atom. The van der Waals surface area contributed by atoms with E-state index in [0.717, 1.165) is 12.0 Å². The average molecular weight is 143 g/mol. The summed E-state index contributed by atoms with van der Waals surface area (Å²) >= 11 is 0. The van der Waals surface area contributed by atoms with Gasteiger partial charge in [-0.25, -0.2) is 0 Å². The molecule has 2 rings (SSSR count). The smallest absolute Gasteiger partial charge is 0.0158 e. The second kappa shape index (κ2) is 2.21. The van der Waals surface area contributed by atoms with Crippen molar-refractivity contribution in [2.75, 3.05) is 6.54 Å². The van der Waals surface area contributed by atoms with Gasteiger partial charge in [0, 0.05) is 12.6 Å². The van der Waals surface area contributed by atoms with Crippen LogP contribution in [0.25, 0.3) is 0 Å². The highest BCUT2D eigenvalue weighted by molar-refractivity contribution is 7.13. The number of fused-ring (bicyclic) bond motifs is 1. The summed E-state index contributed by atoms with van der Waals surface area (Å²) in [5, 5.41) is 0. The molecule has 0 bridgehead atoms. The van der Waals surface area contributed by atoms with Gasteiger partial charge in [-0.3, -0.25) is 4.67 Å². The van der Waals surface area contributed by atoms with Gasteiger partial charge in [-0.05, 0) is 25.2 Å². The predicted octanol–water partition coefficient (Wildman–Crippen LogP) is 1.65. The van der Waals surface area contributed by atoms with Crippen LogP contribution in [0, 0.1) is 5.92 Å². The fraction of sp³-hybridized carbons (Fsp3) is 1.00. The summed E-state index contributed by atoms with van der Waals surface area (Å²) < 4.78 is 2.46. The summed E-state index contributed by atoms with van der Waals surface area (Å²) in [4.78, 5) is 0. The van der Waals surface area contributed by atoms with Crippen molar-refractivity contribution in [3.8, 4) is 0 Å². The van der Waals surface area contributed by atoms with Crippen molar-refractivity contribution in [2.24, 2.45) is 5.92 Å². The second-order valence-electron chi connectivity index (χ2n) is 3.28. The van der Waals surface area contributed by atoms with Crippen molar-refractivity contribution in [3.63, 3.8) is 0 Å². The minimum Gasteiger partial charge on any atom is -0.284 e. The number of hydrogen-bond donors (Lipinski definition) is 0. The summed E-state index contributed by atoms with van der Waals surface area (Å²) in [5.41, 5.74) is 0. The van der Waals surface area contributed by atoms with Crippen LogP contribution in [0.3, 0.4) is 0 Å². The number of nitrogens with zero attached hydrogens (tertiary/aromatic N) is 1. The van der Waals surface area contributed by atoms with Gasteiger partial charge in [0.05, 0.1) is 0 Å². The van der Waals surface area contributed by atoms with Crippen LogP contribution in [-0.2, 0) is 0 Å². The SMILES string of the molecule is PN1CCC2CCCC21. The Kier molecular flexibility index (Phi) is 1.51. The maximum atomic E-state index is 2.85. The van der Waals surface area contributed by atoms with Gasteiger partial charge < -0.3 is 0 Å². The molecule has 3 atom stereocenters. The molecule has 2 fully saturated rings. The van der Waals surface area contributed by atoms with Crippen molar-refractivity contribution in [1.82, 2.24) is 4.67 Å². The Hall–Kier alpha value is 0.390. The monoisotopic (exact) mass is 143 g/mol. The number of rotatable bonds is 0. The normalized spacial score (nSPS) is 43.7. The third kappa shape index (κ3) is 0.911. The lowest BCUT2D eigenvalue weighted by atomic mass is 10.1. The third-order valence-electron chi connectivity index (χ3n) is 2.80. The molecule has 0 aromatic carbocycles. The van der Waals surface area contributed by atoms with Crippen molar-refractivity contribution < 1.29 is 0 Å². The van der Waals surface area contributed by atoms with Gasteiger partial charge in [-0.15, -0.1) is 0 Å². The topological polar surface area (TPSA) is 3.24 Å². The Morgan fingerprint density at radius 1 is 1.22 bits per heavy atom. The maximum absolute atomic E-state index is 2.85. The van der Waals surface area contributed by atoms with Gasteiger partial charge in [0.25, 0.3) is 0 Å². The maximum Gasteiger partial charge on any atom is 0.0158 e. The van der Waals surface area contributed by atoms with Crippen molar-refractivity contribution >= 4 is 9.39 Å². The molecule has 1 heterocycles. The van der Waals surface area contributed by atoms with Crippen LogP contribution in [0.2, 0.25) is 0 Å². The standard InChI is InChI=1S/C7H14NP/c9-8-5-4-6-2-1-3-7(6)8/h6-7H,1-5,9H2. The van der Waals surface area contributed by atoms with Crippen LogP contribution in [-0.4, -0.2) is 17.3 Å². The minimum absolute atomic E-state index is 0.940. The van der Waals surface area contributed by atoms with Crippen LogP contribution in [0.15, 0.2) is 0 Å². The van der Waals surface area contributed by atoms with Crippen LogP contribution >= 0.6 is 9.39 Å². The Balaban J connectivity index is 2.07. The molecule has 2 aliphatic rings. The molecule has 3 unspecified atom stereocenters. The van der Waals surface area contributed by atoms with Crippen LogP contribution in [0.4, 0.5) is 0 Å². The zero-order chi connectivity index (χ0) is 6.27. The van der Waals surface area contributed by atoms with E-state index in [0.29, 0.717) is 0 Å². The van der Waals surface area contributed by atoms with E-state index < -0.39 is 0 Å². The van der Waals surface area contributed by atoms with E-state index in [2.05, 4.69) is 14.1 Å². The van der Waals surface area contributed by atoms with Crippen LogP contribution < -0.4 is 0 Å². The summed E-state index contributed by atoms with van der Waals surface area (Å²) in [6, 6.07) is 0.940. The summed E-state index contributed by atoms with van der Waals surface area (Å²) in [5.74, 6) is 1.06. The molecule has 1 saturated heterocycles. The molecule has 1 aliphatic heterocycles. The van der Waals surface area contributed by atoms with Gasteiger partial charge in [0.2, 0.25) is 0 Å². The summed E-state index contributed by atoms with van der Waals surface area (Å²) in [6.07, 6.45) is 5.87. The minimum atomic E-state index is 0.940. The van der Waals surface area contributed by atoms with E-state index in [-0.39, 0.29) is 0 Å². The Labute approximate surface area is 59.1 Å². The van der Waals surface area contributed by atoms with E-state index in [1.54, 1.807) is 0 Å². The van der Waals surface area contributed by atoms with E-state index >= 15 is 0 Å². The first-order valence-corrected chi connectivity index (χ1v) is 4.41. The lowest BCUT2D eigenvalue weighted by molar-refractivity contribution is 0.404. The Morgan fingerprint density at radius 2 is 2.11 bits per heavy atom. The van der Waals surface area contributed by atoms with Crippen LogP contribution in [0.5, 0.6) is 0 Å². The average Bonchev–Trinajstić information content (AvgIpc) is 2.35. The van der Waals surface area contributed by atoms with Gasteiger partial charge in [-0.1, -0.05) is 15.8 Å². The lowest BCUT2D eigenvalue weighted by Gasteiger charge is -2.16. The van der Waals surface area contributed by atoms with Gasteiger partial charge in [-0.2, -0.15) is 0 Å². The highest BCUT2D eigenvalue weighted by atomic mass is 31.0.